The van der Waals surface area contributed by atoms with Crippen LogP contribution in [0.3, 0.4) is 0 Å². The molecular formula is C13H16BrNO3. The molecule has 5 heteroatoms. The molecule has 1 rings (SSSR count). The highest BCUT2D eigenvalue weighted by Gasteiger charge is 2.24. The van der Waals surface area contributed by atoms with Crippen LogP contribution in [-0.2, 0) is 9.63 Å². The topological polar surface area (TPSA) is 55.4 Å². The van der Waals surface area contributed by atoms with Crippen molar-refractivity contribution >= 4 is 27.8 Å². The summed E-state index contributed by atoms with van der Waals surface area (Å²) in [7, 11) is 0. The average molecular weight is 314 g/mol. The Kier molecular flexibility index (Phi) is 4.51. The van der Waals surface area contributed by atoms with Gasteiger partial charge in [-0.1, -0.05) is 11.6 Å². The summed E-state index contributed by atoms with van der Waals surface area (Å²) in [4.78, 5) is 28.1. The minimum atomic E-state index is -0.656. The van der Waals surface area contributed by atoms with Crippen molar-refractivity contribution in [3.63, 3.8) is 0 Å². The van der Waals surface area contributed by atoms with Crippen LogP contribution in [0.25, 0.3) is 0 Å². The molecule has 0 unspecified atom stereocenters. The number of hydrogen-bond acceptors (Lipinski definition) is 3. The molecule has 0 aromatic heterocycles. The van der Waals surface area contributed by atoms with Crippen LogP contribution in [0.15, 0.2) is 22.7 Å². The lowest BCUT2D eigenvalue weighted by atomic mass is 9.98. The molecule has 0 aliphatic rings. The van der Waals surface area contributed by atoms with Crippen molar-refractivity contribution in [2.45, 2.75) is 27.7 Å². The highest BCUT2D eigenvalue weighted by molar-refractivity contribution is 9.10. The highest BCUT2D eigenvalue weighted by atomic mass is 79.9. The van der Waals surface area contributed by atoms with Crippen molar-refractivity contribution in [1.82, 2.24) is 5.48 Å². The summed E-state index contributed by atoms with van der Waals surface area (Å²) in [6, 6.07) is 5.36. The first-order chi connectivity index (χ1) is 8.21. The van der Waals surface area contributed by atoms with Crippen LogP contribution in [-0.4, -0.2) is 11.9 Å². The Labute approximate surface area is 115 Å². The van der Waals surface area contributed by atoms with E-state index in [1.54, 1.807) is 32.9 Å². The third-order valence-electron chi connectivity index (χ3n) is 2.22. The number of amides is 1. The molecule has 0 aliphatic heterocycles. The van der Waals surface area contributed by atoms with Gasteiger partial charge >= 0.3 is 5.97 Å². The zero-order valence-corrected chi connectivity index (χ0v) is 12.4. The summed E-state index contributed by atoms with van der Waals surface area (Å²) in [5.74, 6) is -0.942. The van der Waals surface area contributed by atoms with Gasteiger partial charge in [0.2, 0.25) is 0 Å². The summed E-state index contributed by atoms with van der Waals surface area (Å²) in [5, 5.41) is 0. The van der Waals surface area contributed by atoms with Gasteiger partial charge in [-0.15, -0.1) is 0 Å². The molecule has 4 nitrogen and oxygen atoms in total. The molecule has 0 radical (unpaired) electrons. The Morgan fingerprint density at radius 3 is 2.44 bits per heavy atom. The van der Waals surface area contributed by atoms with E-state index in [1.807, 2.05) is 13.0 Å². The molecule has 0 spiro atoms. The molecular weight excluding hydrogens is 298 g/mol. The third kappa shape index (κ3) is 3.84. The van der Waals surface area contributed by atoms with Gasteiger partial charge in [-0.25, -0.2) is 4.79 Å². The standard InChI is InChI=1S/C13H16BrNO3/c1-8-5-6-10(14)9(7-8)11(16)15-18-12(17)13(2,3)4/h5-7H,1-4H3,(H,15,16). The summed E-state index contributed by atoms with van der Waals surface area (Å²) in [6.45, 7) is 7.02. The van der Waals surface area contributed by atoms with Crippen LogP contribution in [0.1, 0.15) is 36.7 Å². The first-order valence-electron chi connectivity index (χ1n) is 5.49. The lowest BCUT2D eigenvalue weighted by molar-refractivity contribution is -0.158. The second-order valence-electron chi connectivity index (χ2n) is 5.05. The Morgan fingerprint density at radius 2 is 1.89 bits per heavy atom. The van der Waals surface area contributed by atoms with E-state index in [0.717, 1.165) is 5.56 Å². The van der Waals surface area contributed by atoms with E-state index in [1.165, 1.54) is 0 Å². The van der Waals surface area contributed by atoms with Crippen molar-refractivity contribution in [1.29, 1.82) is 0 Å². The largest absolute Gasteiger partial charge is 0.340 e. The summed E-state index contributed by atoms with van der Waals surface area (Å²) < 4.78 is 0.650. The Hall–Kier alpha value is -1.36. The van der Waals surface area contributed by atoms with Crippen LogP contribution in [0.5, 0.6) is 0 Å². The zero-order chi connectivity index (χ0) is 13.9. The summed E-state index contributed by atoms with van der Waals surface area (Å²) in [5.41, 5.74) is 2.88. The van der Waals surface area contributed by atoms with Crippen LogP contribution in [0.4, 0.5) is 0 Å². The van der Waals surface area contributed by atoms with Gasteiger partial charge in [-0.2, -0.15) is 5.48 Å². The molecule has 0 heterocycles. The van der Waals surface area contributed by atoms with Crippen LogP contribution in [0, 0.1) is 12.3 Å². The number of benzene rings is 1. The van der Waals surface area contributed by atoms with Gasteiger partial charge in [-0.05, 0) is 55.8 Å². The fourth-order valence-corrected chi connectivity index (χ4v) is 1.54. The Bertz CT molecular complexity index is 478. The molecule has 0 fully saturated rings. The maximum atomic E-state index is 11.8. The number of rotatable bonds is 1. The van der Waals surface area contributed by atoms with Crippen LogP contribution < -0.4 is 5.48 Å². The van der Waals surface area contributed by atoms with Crippen molar-refractivity contribution < 1.29 is 14.4 Å². The van der Waals surface area contributed by atoms with Gasteiger partial charge in [0, 0.05) is 4.47 Å². The normalized spacial score (nSPS) is 10.9. The van der Waals surface area contributed by atoms with Gasteiger partial charge in [0.25, 0.3) is 5.91 Å². The second-order valence-corrected chi connectivity index (χ2v) is 5.91. The number of carbonyl (C=O) groups is 2. The Balaban J connectivity index is 2.72. The van der Waals surface area contributed by atoms with E-state index >= 15 is 0 Å². The zero-order valence-electron chi connectivity index (χ0n) is 10.8. The van der Waals surface area contributed by atoms with Gasteiger partial charge in [0.05, 0.1) is 11.0 Å². The van der Waals surface area contributed by atoms with Crippen LogP contribution >= 0.6 is 15.9 Å². The van der Waals surface area contributed by atoms with Crippen LogP contribution in [0.2, 0.25) is 0 Å². The van der Waals surface area contributed by atoms with E-state index in [-0.39, 0.29) is 0 Å². The minimum Gasteiger partial charge on any atom is -0.340 e. The number of aryl methyl sites for hydroxylation is 1. The molecule has 1 amide bonds. The SMILES string of the molecule is Cc1ccc(Br)c(C(=O)NOC(=O)C(C)(C)C)c1. The first kappa shape index (κ1) is 14.7. The molecule has 1 N–H and O–H groups in total. The fraction of sp³-hybridized carbons (Fsp3) is 0.385. The Morgan fingerprint density at radius 1 is 1.28 bits per heavy atom. The van der Waals surface area contributed by atoms with Crippen molar-refractivity contribution in [2.75, 3.05) is 0 Å². The van der Waals surface area contributed by atoms with E-state index in [4.69, 9.17) is 4.84 Å². The van der Waals surface area contributed by atoms with E-state index < -0.39 is 17.3 Å². The highest BCUT2D eigenvalue weighted by Crippen LogP contribution is 2.18. The molecule has 0 aliphatic carbocycles. The first-order valence-corrected chi connectivity index (χ1v) is 6.29. The number of hydroxylamine groups is 1. The van der Waals surface area contributed by atoms with E-state index in [0.29, 0.717) is 10.0 Å². The summed E-state index contributed by atoms with van der Waals surface area (Å²) in [6.07, 6.45) is 0. The van der Waals surface area contributed by atoms with Gasteiger partial charge in [0.15, 0.2) is 0 Å². The summed E-state index contributed by atoms with van der Waals surface area (Å²) >= 11 is 3.28. The molecule has 1 aromatic rings. The fourth-order valence-electron chi connectivity index (χ4n) is 1.11. The van der Waals surface area contributed by atoms with Gasteiger partial charge in [-0.3, -0.25) is 4.79 Å². The lowest BCUT2D eigenvalue weighted by Gasteiger charge is -2.16. The minimum absolute atomic E-state index is 0.428. The number of hydrogen-bond donors (Lipinski definition) is 1. The molecule has 0 saturated heterocycles. The van der Waals surface area contributed by atoms with Crippen molar-refractivity contribution in [3.05, 3.63) is 33.8 Å². The molecule has 98 valence electrons. The predicted octanol–water partition coefficient (Wildman–Crippen LogP) is 2.99. The average Bonchev–Trinajstić information content (AvgIpc) is 2.27. The molecule has 0 saturated carbocycles. The molecule has 18 heavy (non-hydrogen) atoms. The van der Waals surface area contributed by atoms with Gasteiger partial charge in [0.1, 0.15) is 0 Å². The number of halogens is 1. The quantitative estimate of drug-likeness (QED) is 0.811. The third-order valence-corrected chi connectivity index (χ3v) is 2.91. The van der Waals surface area contributed by atoms with Crippen molar-refractivity contribution in [3.8, 4) is 0 Å². The second kappa shape index (κ2) is 5.52. The number of carbonyl (C=O) groups excluding carboxylic acids is 2. The maximum absolute atomic E-state index is 11.8. The molecule has 0 atom stereocenters. The monoisotopic (exact) mass is 313 g/mol. The van der Waals surface area contributed by atoms with Gasteiger partial charge < -0.3 is 4.84 Å². The number of nitrogens with one attached hydrogen (secondary N) is 1. The predicted molar refractivity (Wildman–Crippen MR) is 71.9 cm³/mol. The van der Waals surface area contributed by atoms with E-state index in [9.17, 15) is 9.59 Å². The lowest BCUT2D eigenvalue weighted by Crippen LogP contribution is -2.33. The smallest absolute Gasteiger partial charge is 0.337 e. The van der Waals surface area contributed by atoms with Crippen molar-refractivity contribution in [2.24, 2.45) is 5.41 Å². The van der Waals surface area contributed by atoms with E-state index in [2.05, 4.69) is 21.4 Å². The molecule has 0 bridgehead atoms. The molecule has 1 aromatic carbocycles. The maximum Gasteiger partial charge on any atom is 0.337 e.